The van der Waals surface area contributed by atoms with Crippen molar-refractivity contribution in [2.24, 2.45) is 0 Å². The van der Waals surface area contributed by atoms with Gasteiger partial charge in [-0.05, 0) is 35.9 Å². The fourth-order valence-electron chi connectivity index (χ4n) is 2.67. The second-order valence-electron chi connectivity index (χ2n) is 5.80. The molecule has 3 rings (SSSR count). The van der Waals surface area contributed by atoms with Crippen molar-refractivity contribution < 1.29 is 23.8 Å². The highest BCUT2D eigenvalue weighted by atomic mass is 19.1. The van der Waals surface area contributed by atoms with E-state index in [1.54, 1.807) is 37.4 Å². The van der Waals surface area contributed by atoms with Gasteiger partial charge in [-0.15, -0.1) is 0 Å². The van der Waals surface area contributed by atoms with Crippen molar-refractivity contribution in [3.63, 3.8) is 0 Å². The Balaban J connectivity index is 1.76. The first-order chi connectivity index (χ1) is 12.5. The zero-order valence-electron chi connectivity index (χ0n) is 14.0. The number of carboxylic acid groups (broad SMARTS) is 1. The molecule has 0 unspecified atom stereocenters. The molecule has 0 aliphatic heterocycles. The fraction of sp³-hybridized carbons (Fsp3) is 0.158. The third-order valence-electron chi connectivity index (χ3n) is 4.06. The molecule has 1 heterocycles. The normalized spacial score (nSPS) is 11.9. The smallest absolute Gasteiger partial charge is 0.326 e. The highest BCUT2D eigenvalue weighted by molar-refractivity contribution is 5.99. The lowest BCUT2D eigenvalue weighted by Gasteiger charge is -2.14. The molecule has 134 valence electrons. The summed E-state index contributed by atoms with van der Waals surface area (Å²) in [5.74, 6) is -1.56. The molecule has 0 aliphatic rings. The second kappa shape index (κ2) is 7.26. The van der Waals surface area contributed by atoms with Crippen LogP contribution in [0.15, 0.2) is 48.5 Å². The number of carbonyl (C=O) groups is 2. The number of hydrogen-bond acceptors (Lipinski definition) is 3. The summed E-state index contributed by atoms with van der Waals surface area (Å²) in [5.41, 5.74) is 1.31. The molecule has 1 aromatic heterocycles. The van der Waals surface area contributed by atoms with Gasteiger partial charge in [0.25, 0.3) is 5.91 Å². The van der Waals surface area contributed by atoms with E-state index in [2.05, 4.69) is 10.3 Å². The number of ether oxygens (including phenoxy) is 1. The molecular formula is C19H17FN2O4. The van der Waals surface area contributed by atoms with E-state index in [-0.39, 0.29) is 17.5 Å². The molecule has 7 heteroatoms. The fourth-order valence-corrected chi connectivity index (χ4v) is 2.67. The number of nitrogens with one attached hydrogen (secondary N) is 2. The Morgan fingerprint density at radius 2 is 1.96 bits per heavy atom. The highest BCUT2D eigenvalue weighted by Gasteiger charge is 2.22. The zero-order chi connectivity index (χ0) is 18.7. The number of benzene rings is 2. The molecule has 1 atom stereocenters. The van der Waals surface area contributed by atoms with Crippen LogP contribution < -0.4 is 10.1 Å². The predicted octanol–water partition coefficient (Wildman–Crippen LogP) is 2.74. The van der Waals surface area contributed by atoms with E-state index < -0.39 is 23.7 Å². The third-order valence-corrected chi connectivity index (χ3v) is 4.06. The van der Waals surface area contributed by atoms with Crippen molar-refractivity contribution >= 4 is 22.8 Å². The van der Waals surface area contributed by atoms with Gasteiger partial charge in [0.15, 0.2) is 0 Å². The average molecular weight is 356 g/mol. The maximum absolute atomic E-state index is 13.7. The van der Waals surface area contributed by atoms with Crippen molar-refractivity contribution in [1.29, 1.82) is 0 Å². The van der Waals surface area contributed by atoms with Crippen LogP contribution in [0.25, 0.3) is 10.9 Å². The number of aromatic amines is 1. The first-order valence-electron chi connectivity index (χ1n) is 7.92. The van der Waals surface area contributed by atoms with Crippen LogP contribution in [0.4, 0.5) is 4.39 Å². The summed E-state index contributed by atoms with van der Waals surface area (Å²) >= 11 is 0. The Morgan fingerprint density at radius 3 is 2.58 bits per heavy atom. The number of rotatable bonds is 6. The number of carbonyl (C=O) groups excluding carboxylic acids is 1. The average Bonchev–Trinajstić information content (AvgIpc) is 3.07. The van der Waals surface area contributed by atoms with Crippen molar-refractivity contribution in [1.82, 2.24) is 10.3 Å². The van der Waals surface area contributed by atoms with E-state index in [1.807, 2.05) is 0 Å². The summed E-state index contributed by atoms with van der Waals surface area (Å²) in [6, 6.07) is 11.6. The Bertz CT molecular complexity index is 950. The SMILES string of the molecule is COc1ccc(C[C@H](NC(=O)c2cc3c(F)cccc3[nH]2)C(=O)O)cc1. The quantitative estimate of drug-likeness (QED) is 0.633. The minimum Gasteiger partial charge on any atom is -0.497 e. The van der Waals surface area contributed by atoms with Crippen LogP contribution in [0.5, 0.6) is 5.75 Å². The molecule has 0 radical (unpaired) electrons. The number of aromatic nitrogens is 1. The third kappa shape index (κ3) is 3.66. The van der Waals surface area contributed by atoms with Gasteiger partial charge in [-0.1, -0.05) is 18.2 Å². The Morgan fingerprint density at radius 1 is 1.23 bits per heavy atom. The molecule has 1 amide bonds. The first-order valence-corrected chi connectivity index (χ1v) is 7.92. The van der Waals surface area contributed by atoms with Crippen LogP contribution in [-0.4, -0.2) is 35.1 Å². The van der Waals surface area contributed by atoms with E-state index >= 15 is 0 Å². The highest BCUT2D eigenvalue weighted by Crippen LogP contribution is 2.19. The van der Waals surface area contributed by atoms with Crippen LogP contribution in [0, 0.1) is 5.82 Å². The van der Waals surface area contributed by atoms with Crippen LogP contribution in [0.1, 0.15) is 16.1 Å². The van der Waals surface area contributed by atoms with E-state index in [9.17, 15) is 19.1 Å². The lowest BCUT2D eigenvalue weighted by molar-refractivity contribution is -0.139. The number of carboxylic acids is 1. The number of aliphatic carboxylic acids is 1. The summed E-state index contributed by atoms with van der Waals surface area (Å²) in [5, 5.41) is 12.1. The number of H-pyrrole nitrogens is 1. The lowest BCUT2D eigenvalue weighted by Crippen LogP contribution is -2.42. The molecule has 0 bridgehead atoms. The van der Waals surface area contributed by atoms with Crippen LogP contribution in [0.3, 0.4) is 0 Å². The number of methoxy groups -OCH3 is 1. The van der Waals surface area contributed by atoms with Gasteiger partial charge in [-0.2, -0.15) is 0 Å². The minimum absolute atomic E-state index is 0.103. The molecule has 0 saturated carbocycles. The molecule has 3 aromatic rings. The number of hydrogen-bond donors (Lipinski definition) is 3. The lowest BCUT2D eigenvalue weighted by atomic mass is 10.1. The Kier molecular flexibility index (Phi) is 4.88. The largest absolute Gasteiger partial charge is 0.497 e. The summed E-state index contributed by atoms with van der Waals surface area (Å²) in [4.78, 5) is 26.7. The molecule has 26 heavy (non-hydrogen) atoms. The van der Waals surface area contributed by atoms with Crippen molar-refractivity contribution in [2.75, 3.05) is 7.11 Å². The standard InChI is InChI=1S/C19H17FN2O4/c1-26-12-7-5-11(6-8-12)9-17(19(24)25)22-18(23)16-10-13-14(20)3-2-4-15(13)21-16/h2-8,10,17,21H,9H2,1H3,(H,22,23)(H,24,25)/t17-/m0/s1. The maximum Gasteiger partial charge on any atom is 0.326 e. The molecule has 0 saturated heterocycles. The van der Waals surface area contributed by atoms with Crippen molar-refractivity contribution in [3.8, 4) is 5.75 Å². The van der Waals surface area contributed by atoms with Gasteiger partial charge in [-0.25, -0.2) is 9.18 Å². The minimum atomic E-state index is -1.16. The molecule has 6 nitrogen and oxygen atoms in total. The maximum atomic E-state index is 13.7. The topological polar surface area (TPSA) is 91.4 Å². The van der Waals surface area contributed by atoms with Crippen molar-refractivity contribution in [3.05, 3.63) is 65.6 Å². The van der Waals surface area contributed by atoms with Gasteiger partial charge >= 0.3 is 5.97 Å². The van der Waals surface area contributed by atoms with E-state index in [0.717, 1.165) is 5.56 Å². The van der Waals surface area contributed by atoms with Crippen LogP contribution in [0.2, 0.25) is 0 Å². The monoisotopic (exact) mass is 356 g/mol. The number of halogens is 1. The Labute approximate surface area is 148 Å². The molecule has 0 fully saturated rings. The molecule has 3 N–H and O–H groups in total. The van der Waals surface area contributed by atoms with Gasteiger partial charge in [0.05, 0.1) is 7.11 Å². The van der Waals surface area contributed by atoms with E-state index in [0.29, 0.717) is 11.3 Å². The van der Waals surface area contributed by atoms with Gasteiger partial charge < -0.3 is 20.1 Å². The van der Waals surface area contributed by atoms with E-state index in [1.165, 1.54) is 18.2 Å². The van der Waals surface area contributed by atoms with E-state index in [4.69, 9.17) is 4.74 Å². The Hall–Kier alpha value is -3.35. The summed E-state index contributed by atoms with van der Waals surface area (Å²) in [6.45, 7) is 0. The summed E-state index contributed by atoms with van der Waals surface area (Å²) < 4.78 is 18.8. The van der Waals surface area contributed by atoms with Gasteiger partial charge in [0.2, 0.25) is 0 Å². The summed E-state index contributed by atoms with van der Waals surface area (Å²) in [6.07, 6.45) is 0.111. The van der Waals surface area contributed by atoms with Crippen LogP contribution in [-0.2, 0) is 11.2 Å². The zero-order valence-corrected chi connectivity index (χ0v) is 14.0. The van der Waals surface area contributed by atoms with Crippen LogP contribution >= 0.6 is 0 Å². The predicted molar refractivity (Wildman–Crippen MR) is 93.8 cm³/mol. The number of fused-ring (bicyclic) bond motifs is 1. The van der Waals surface area contributed by atoms with Gasteiger partial charge in [0, 0.05) is 17.3 Å². The first kappa shape index (κ1) is 17.5. The number of amides is 1. The molecule has 2 aromatic carbocycles. The second-order valence-corrected chi connectivity index (χ2v) is 5.80. The van der Waals surface area contributed by atoms with Gasteiger partial charge in [0.1, 0.15) is 23.3 Å². The van der Waals surface area contributed by atoms with Gasteiger partial charge in [-0.3, -0.25) is 4.79 Å². The summed E-state index contributed by atoms with van der Waals surface area (Å²) in [7, 11) is 1.54. The van der Waals surface area contributed by atoms with Crippen molar-refractivity contribution in [2.45, 2.75) is 12.5 Å². The molecule has 0 spiro atoms. The molecule has 0 aliphatic carbocycles. The molecular weight excluding hydrogens is 339 g/mol.